The first-order valence-electron chi connectivity index (χ1n) is 10.4. The molecule has 5 heterocycles. The van der Waals surface area contributed by atoms with E-state index >= 15 is 0 Å². The van der Waals surface area contributed by atoms with Crippen molar-refractivity contribution in [3.8, 4) is 0 Å². The molecule has 0 spiro atoms. The molecule has 0 fully saturated rings. The summed E-state index contributed by atoms with van der Waals surface area (Å²) in [4.78, 5) is 52.4. The molecular weight excluding hydrogens is 440 g/mol. The van der Waals surface area contributed by atoms with Crippen LogP contribution in [-0.4, -0.2) is 55.1 Å². The Bertz CT molecular complexity index is 1490. The standard InChI is InChI=1S/C21H20N10O3/c1-30(17-8-23-9-18(32)28-17)21(34)14-4-11-5-15(25-7-13(11)20(22)26-14)27-16-6-12-2-3-24-19(33)10-31(12)29-16/h4-9H,2-3,10H2,1H3,(H2,22,26)(H,24,33)(H,28,32)(H,25,27,29). The minimum Gasteiger partial charge on any atom is -0.383 e. The number of nitrogens with zero attached hydrogens (tertiary/aromatic N) is 6. The van der Waals surface area contributed by atoms with Gasteiger partial charge in [0.25, 0.3) is 11.5 Å². The monoisotopic (exact) mass is 460 g/mol. The van der Waals surface area contributed by atoms with E-state index in [1.165, 1.54) is 18.1 Å². The number of pyridine rings is 2. The highest BCUT2D eigenvalue weighted by atomic mass is 16.2. The van der Waals surface area contributed by atoms with Crippen LogP contribution in [0.25, 0.3) is 10.8 Å². The Morgan fingerprint density at radius 3 is 2.85 bits per heavy atom. The van der Waals surface area contributed by atoms with Crippen LogP contribution in [-0.2, 0) is 17.8 Å². The second kappa shape index (κ2) is 8.27. The van der Waals surface area contributed by atoms with Gasteiger partial charge in [0.1, 0.15) is 29.7 Å². The molecule has 0 saturated heterocycles. The number of anilines is 4. The summed E-state index contributed by atoms with van der Waals surface area (Å²) in [6, 6.07) is 5.19. The van der Waals surface area contributed by atoms with E-state index in [2.05, 4.69) is 35.7 Å². The summed E-state index contributed by atoms with van der Waals surface area (Å²) in [5.74, 6) is 0.850. The van der Waals surface area contributed by atoms with E-state index in [1.54, 1.807) is 23.0 Å². The highest BCUT2D eigenvalue weighted by Crippen LogP contribution is 2.25. The van der Waals surface area contributed by atoms with Gasteiger partial charge in [0.15, 0.2) is 5.82 Å². The van der Waals surface area contributed by atoms with Crippen molar-refractivity contribution in [3.63, 3.8) is 0 Å². The molecule has 13 nitrogen and oxygen atoms in total. The Balaban J connectivity index is 1.44. The average Bonchev–Trinajstić information content (AvgIpc) is 3.09. The lowest BCUT2D eigenvalue weighted by atomic mass is 10.1. The number of rotatable bonds is 4. The third-order valence-electron chi connectivity index (χ3n) is 5.39. The van der Waals surface area contributed by atoms with Gasteiger partial charge in [-0.1, -0.05) is 0 Å². The lowest BCUT2D eigenvalue weighted by Gasteiger charge is -2.16. The number of carbonyl (C=O) groups excluding carboxylic acids is 2. The Kier molecular flexibility index (Phi) is 5.12. The van der Waals surface area contributed by atoms with Crippen molar-refractivity contribution in [2.24, 2.45) is 0 Å². The molecule has 1 aliphatic rings. The van der Waals surface area contributed by atoms with Gasteiger partial charge in [-0.3, -0.25) is 28.9 Å². The second-order valence-electron chi connectivity index (χ2n) is 7.73. The van der Waals surface area contributed by atoms with Crippen LogP contribution in [0.4, 0.5) is 23.3 Å². The van der Waals surface area contributed by atoms with Gasteiger partial charge in [-0.05, 0) is 17.5 Å². The molecular formula is C21H20N10O3. The molecule has 0 aromatic carbocycles. The highest BCUT2D eigenvalue weighted by molar-refractivity contribution is 6.07. The van der Waals surface area contributed by atoms with Crippen molar-refractivity contribution in [3.05, 3.63) is 58.5 Å². The van der Waals surface area contributed by atoms with Gasteiger partial charge in [-0.2, -0.15) is 5.10 Å². The van der Waals surface area contributed by atoms with Gasteiger partial charge >= 0.3 is 0 Å². The molecule has 0 unspecified atom stereocenters. The molecule has 1 aliphatic heterocycles. The number of carbonyl (C=O) groups is 2. The fourth-order valence-corrected chi connectivity index (χ4v) is 3.68. The van der Waals surface area contributed by atoms with Gasteiger partial charge in [-0.15, -0.1) is 0 Å². The third-order valence-corrected chi connectivity index (χ3v) is 5.39. The van der Waals surface area contributed by atoms with Crippen LogP contribution in [0.1, 0.15) is 16.2 Å². The van der Waals surface area contributed by atoms with Crippen LogP contribution in [0.15, 0.2) is 41.6 Å². The molecule has 0 saturated carbocycles. The summed E-state index contributed by atoms with van der Waals surface area (Å²) in [5, 5.41) is 11.6. The SMILES string of the molecule is CN(C(=O)c1cc2cc(Nc3cc4n(n3)CC(=O)NCC4)ncc2c(N)n1)c1cncc(=O)[nH]1. The first kappa shape index (κ1) is 21.1. The lowest BCUT2D eigenvalue weighted by molar-refractivity contribution is -0.121. The van der Waals surface area contributed by atoms with Gasteiger partial charge < -0.3 is 21.4 Å². The van der Waals surface area contributed by atoms with Crippen molar-refractivity contribution in [1.82, 2.24) is 35.0 Å². The third kappa shape index (κ3) is 4.01. The molecule has 13 heteroatoms. The van der Waals surface area contributed by atoms with Crippen molar-refractivity contribution in [1.29, 1.82) is 0 Å². The number of amides is 2. The van der Waals surface area contributed by atoms with Crippen molar-refractivity contribution in [2.75, 3.05) is 29.5 Å². The van der Waals surface area contributed by atoms with Crippen molar-refractivity contribution >= 4 is 45.9 Å². The summed E-state index contributed by atoms with van der Waals surface area (Å²) >= 11 is 0. The summed E-state index contributed by atoms with van der Waals surface area (Å²) in [7, 11) is 1.50. The predicted octanol–water partition coefficient (Wildman–Crippen LogP) is 0.184. The minimum absolute atomic E-state index is 0.0854. The van der Waals surface area contributed by atoms with E-state index in [0.717, 1.165) is 11.9 Å². The normalized spacial score (nSPS) is 13.1. The number of nitrogens with two attached hydrogens (primary N) is 1. The van der Waals surface area contributed by atoms with E-state index < -0.39 is 11.5 Å². The number of fused-ring (bicyclic) bond motifs is 2. The van der Waals surface area contributed by atoms with Gasteiger partial charge in [0.2, 0.25) is 5.91 Å². The maximum absolute atomic E-state index is 13.0. The molecule has 0 aliphatic carbocycles. The maximum Gasteiger partial charge on any atom is 0.277 e. The topological polar surface area (TPSA) is 177 Å². The zero-order valence-electron chi connectivity index (χ0n) is 18.1. The van der Waals surface area contributed by atoms with E-state index in [4.69, 9.17) is 5.73 Å². The number of H-pyrrole nitrogens is 1. The summed E-state index contributed by atoms with van der Waals surface area (Å²) in [6.07, 6.45) is 4.72. The largest absolute Gasteiger partial charge is 0.383 e. The fourth-order valence-electron chi connectivity index (χ4n) is 3.68. The van der Waals surface area contributed by atoms with E-state index in [0.29, 0.717) is 35.4 Å². The Morgan fingerprint density at radius 1 is 1.18 bits per heavy atom. The number of nitrogen functional groups attached to an aromatic ring is 1. The number of hydrogen-bond acceptors (Lipinski definition) is 9. The predicted molar refractivity (Wildman–Crippen MR) is 124 cm³/mol. The summed E-state index contributed by atoms with van der Waals surface area (Å²) < 4.78 is 1.66. The molecule has 0 bridgehead atoms. The minimum atomic E-state index is -0.473. The Hall–Kier alpha value is -4.81. The summed E-state index contributed by atoms with van der Waals surface area (Å²) in [5.41, 5.74) is 6.68. The van der Waals surface area contributed by atoms with Crippen LogP contribution in [0.2, 0.25) is 0 Å². The van der Waals surface area contributed by atoms with Crippen LogP contribution in [0.3, 0.4) is 0 Å². The average molecular weight is 460 g/mol. The first-order valence-corrected chi connectivity index (χ1v) is 10.4. The van der Waals surface area contributed by atoms with Crippen molar-refractivity contribution < 1.29 is 9.59 Å². The number of aromatic amines is 1. The quantitative estimate of drug-likeness (QED) is 0.331. The smallest absolute Gasteiger partial charge is 0.277 e. The molecule has 2 amide bonds. The molecule has 34 heavy (non-hydrogen) atoms. The molecule has 172 valence electrons. The van der Waals surface area contributed by atoms with Crippen LogP contribution in [0.5, 0.6) is 0 Å². The molecule has 5 N–H and O–H groups in total. The number of aromatic nitrogens is 6. The molecule has 0 atom stereocenters. The first-order chi connectivity index (χ1) is 16.4. The van der Waals surface area contributed by atoms with Crippen LogP contribution in [0, 0.1) is 0 Å². The van der Waals surface area contributed by atoms with E-state index in [9.17, 15) is 14.4 Å². The molecule has 4 aromatic heterocycles. The zero-order valence-corrected chi connectivity index (χ0v) is 18.1. The number of nitrogens with one attached hydrogen (secondary N) is 3. The van der Waals surface area contributed by atoms with Crippen LogP contribution < -0.4 is 26.8 Å². The van der Waals surface area contributed by atoms with Gasteiger partial charge in [-0.25, -0.2) is 9.97 Å². The Morgan fingerprint density at radius 2 is 2.03 bits per heavy atom. The maximum atomic E-state index is 13.0. The fraction of sp³-hybridized carbons (Fsp3) is 0.190. The van der Waals surface area contributed by atoms with Gasteiger partial charge in [0, 0.05) is 43.4 Å². The van der Waals surface area contributed by atoms with Gasteiger partial charge in [0.05, 0.1) is 12.4 Å². The van der Waals surface area contributed by atoms with E-state index in [1.807, 2.05) is 6.07 Å². The molecule has 5 rings (SSSR count). The number of hydrogen-bond donors (Lipinski definition) is 4. The molecule has 0 radical (unpaired) electrons. The Labute approximate surface area is 192 Å². The van der Waals surface area contributed by atoms with E-state index in [-0.39, 0.29) is 29.8 Å². The van der Waals surface area contributed by atoms with Crippen molar-refractivity contribution in [2.45, 2.75) is 13.0 Å². The lowest BCUT2D eigenvalue weighted by Crippen LogP contribution is -2.29. The zero-order chi connectivity index (χ0) is 23.8. The summed E-state index contributed by atoms with van der Waals surface area (Å²) in [6.45, 7) is 0.716. The second-order valence-corrected chi connectivity index (χ2v) is 7.73. The van der Waals surface area contributed by atoms with Crippen LogP contribution >= 0.6 is 0 Å². The molecule has 4 aromatic rings. The highest BCUT2D eigenvalue weighted by Gasteiger charge is 2.19.